The van der Waals surface area contributed by atoms with Gasteiger partial charge in [0.1, 0.15) is 5.82 Å². The fraction of sp³-hybridized carbons (Fsp3) is 0.200. The molecule has 18 heavy (non-hydrogen) atoms. The lowest BCUT2D eigenvalue weighted by Crippen LogP contribution is -2.10. The molecule has 0 amide bonds. The maximum absolute atomic E-state index is 12.2. The van der Waals surface area contributed by atoms with Crippen LogP contribution in [0.15, 0.2) is 30.5 Å². The number of rotatable bonds is 3. The molecule has 0 unspecified atom stereocenters. The first-order chi connectivity index (χ1) is 8.55. The van der Waals surface area contributed by atoms with E-state index in [1.165, 1.54) is 12.3 Å². The van der Waals surface area contributed by atoms with Crippen molar-refractivity contribution in [1.82, 2.24) is 20.4 Å². The van der Waals surface area contributed by atoms with Crippen LogP contribution >= 0.6 is 0 Å². The van der Waals surface area contributed by atoms with Crippen LogP contribution in [0.2, 0.25) is 0 Å². The van der Waals surface area contributed by atoms with Gasteiger partial charge < -0.3 is 5.32 Å². The lowest BCUT2D eigenvalue weighted by atomic mass is 10.3. The quantitative estimate of drug-likeness (QED) is 0.907. The summed E-state index contributed by atoms with van der Waals surface area (Å²) in [6.07, 6.45) is -2.95. The van der Waals surface area contributed by atoms with Crippen LogP contribution in [0.3, 0.4) is 0 Å². The lowest BCUT2D eigenvalue weighted by Gasteiger charge is -2.06. The molecular formula is C10H8F3N5. The highest BCUT2D eigenvalue weighted by atomic mass is 19.4. The van der Waals surface area contributed by atoms with Crippen LogP contribution < -0.4 is 5.32 Å². The third-order valence-corrected chi connectivity index (χ3v) is 2.03. The van der Waals surface area contributed by atoms with Gasteiger partial charge in [0.15, 0.2) is 5.69 Å². The molecule has 0 radical (unpaired) electrons. The van der Waals surface area contributed by atoms with E-state index in [0.717, 1.165) is 6.07 Å². The first-order valence-electron chi connectivity index (χ1n) is 4.97. The molecule has 0 saturated heterocycles. The van der Waals surface area contributed by atoms with Gasteiger partial charge in [-0.05, 0) is 24.3 Å². The molecule has 0 aliphatic carbocycles. The molecule has 0 atom stereocenters. The second-order valence-electron chi connectivity index (χ2n) is 3.37. The largest absolute Gasteiger partial charge is 0.435 e. The average Bonchev–Trinajstić information content (AvgIpc) is 2.37. The van der Waals surface area contributed by atoms with Crippen molar-refractivity contribution < 1.29 is 13.2 Å². The Balaban J connectivity index is 1.99. The van der Waals surface area contributed by atoms with Crippen molar-refractivity contribution in [3.63, 3.8) is 0 Å². The summed E-state index contributed by atoms with van der Waals surface area (Å²) in [5.41, 5.74) is -0.369. The zero-order valence-electron chi connectivity index (χ0n) is 9.02. The van der Waals surface area contributed by atoms with Gasteiger partial charge in [0.05, 0.1) is 12.2 Å². The second-order valence-corrected chi connectivity index (χ2v) is 3.37. The van der Waals surface area contributed by atoms with E-state index in [9.17, 15) is 13.2 Å². The molecule has 0 aliphatic rings. The lowest BCUT2D eigenvalue weighted by molar-refractivity contribution is -0.141. The minimum Gasteiger partial charge on any atom is -0.363 e. The van der Waals surface area contributed by atoms with Crippen LogP contribution in [0, 0.1) is 0 Å². The van der Waals surface area contributed by atoms with Crippen LogP contribution in [0.25, 0.3) is 0 Å². The SMILES string of the molecule is FC(F)(F)c1ccc(NCc2cccnn2)nn1. The number of hydrogen-bond acceptors (Lipinski definition) is 5. The van der Waals surface area contributed by atoms with Crippen LogP contribution in [-0.4, -0.2) is 20.4 Å². The highest BCUT2D eigenvalue weighted by Crippen LogP contribution is 2.27. The molecule has 94 valence electrons. The fourth-order valence-corrected chi connectivity index (χ4v) is 1.19. The summed E-state index contributed by atoms with van der Waals surface area (Å²) in [6, 6.07) is 5.53. The number of alkyl halides is 3. The van der Waals surface area contributed by atoms with Gasteiger partial charge in [0, 0.05) is 6.20 Å². The number of nitrogens with one attached hydrogen (secondary N) is 1. The number of aromatic nitrogens is 4. The summed E-state index contributed by atoms with van der Waals surface area (Å²) in [4.78, 5) is 0. The number of halogens is 3. The number of hydrogen-bond donors (Lipinski definition) is 1. The van der Waals surface area contributed by atoms with Gasteiger partial charge in [-0.1, -0.05) is 0 Å². The normalized spacial score (nSPS) is 11.3. The van der Waals surface area contributed by atoms with Gasteiger partial charge in [-0.3, -0.25) is 0 Å². The fourth-order valence-electron chi connectivity index (χ4n) is 1.19. The first-order valence-corrected chi connectivity index (χ1v) is 4.97. The van der Waals surface area contributed by atoms with Crippen LogP contribution in [0.4, 0.5) is 19.0 Å². The van der Waals surface area contributed by atoms with Gasteiger partial charge in [-0.25, -0.2) is 0 Å². The molecular weight excluding hydrogens is 247 g/mol. The second kappa shape index (κ2) is 4.94. The Hall–Kier alpha value is -2.25. The van der Waals surface area contributed by atoms with E-state index in [-0.39, 0.29) is 5.82 Å². The minimum atomic E-state index is -4.48. The van der Waals surface area contributed by atoms with Crippen molar-refractivity contribution in [1.29, 1.82) is 0 Å². The molecule has 2 aromatic heterocycles. The predicted molar refractivity (Wildman–Crippen MR) is 56.4 cm³/mol. The summed E-state index contributed by atoms with van der Waals surface area (Å²) in [5, 5.41) is 16.8. The Labute approximate surface area is 100 Å². The molecule has 2 heterocycles. The van der Waals surface area contributed by atoms with Crippen LogP contribution in [0.5, 0.6) is 0 Å². The van der Waals surface area contributed by atoms with Gasteiger partial charge in [0.2, 0.25) is 0 Å². The van der Waals surface area contributed by atoms with E-state index in [1.807, 2.05) is 0 Å². The Morgan fingerprint density at radius 3 is 2.44 bits per heavy atom. The summed E-state index contributed by atoms with van der Waals surface area (Å²) in [6.45, 7) is 0.313. The van der Waals surface area contributed by atoms with Crippen molar-refractivity contribution >= 4 is 5.82 Å². The average molecular weight is 255 g/mol. The molecule has 0 aliphatic heterocycles. The molecule has 0 saturated carbocycles. The topological polar surface area (TPSA) is 63.6 Å². The highest BCUT2D eigenvalue weighted by molar-refractivity contribution is 5.33. The maximum atomic E-state index is 12.2. The maximum Gasteiger partial charge on any atom is 0.435 e. The molecule has 0 fully saturated rings. The molecule has 0 bridgehead atoms. The molecule has 2 rings (SSSR count). The number of nitrogens with zero attached hydrogens (tertiary/aromatic N) is 4. The third kappa shape index (κ3) is 3.12. The van der Waals surface area contributed by atoms with Crippen molar-refractivity contribution in [2.45, 2.75) is 12.7 Å². The van der Waals surface area contributed by atoms with Gasteiger partial charge in [-0.2, -0.15) is 23.4 Å². The Bertz CT molecular complexity index is 497. The monoisotopic (exact) mass is 255 g/mol. The summed E-state index contributed by atoms with van der Waals surface area (Å²) < 4.78 is 36.7. The molecule has 0 spiro atoms. The third-order valence-electron chi connectivity index (χ3n) is 2.03. The van der Waals surface area contributed by atoms with Gasteiger partial charge in [0.25, 0.3) is 0 Å². The van der Waals surface area contributed by atoms with E-state index in [2.05, 4.69) is 25.7 Å². The molecule has 0 aromatic carbocycles. The van der Waals surface area contributed by atoms with E-state index in [0.29, 0.717) is 12.2 Å². The van der Waals surface area contributed by atoms with E-state index in [1.54, 1.807) is 12.1 Å². The summed E-state index contributed by atoms with van der Waals surface area (Å²) in [5.74, 6) is 0.244. The van der Waals surface area contributed by atoms with E-state index in [4.69, 9.17) is 0 Å². The van der Waals surface area contributed by atoms with Gasteiger partial charge >= 0.3 is 6.18 Å². The van der Waals surface area contributed by atoms with E-state index >= 15 is 0 Å². The Morgan fingerprint density at radius 1 is 1.06 bits per heavy atom. The zero-order chi connectivity index (χ0) is 13.0. The minimum absolute atomic E-state index is 0.244. The van der Waals surface area contributed by atoms with Crippen molar-refractivity contribution in [2.75, 3.05) is 5.32 Å². The van der Waals surface area contributed by atoms with Crippen LogP contribution in [-0.2, 0) is 12.7 Å². The standard InChI is InChI=1S/C10H8F3N5/c11-10(12,13)8-3-4-9(18-17-8)14-6-7-2-1-5-15-16-7/h1-5H,6H2,(H,14,18). The van der Waals surface area contributed by atoms with Crippen LogP contribution in [0.1, 0.15) is 11.4 Å². The summed E-state index contributed by atoms with van der Waals surface area (Å²) >= 11 is 0. The zero-order valence-corrected chi connectivity index (χ0v) is 9.02. The first kappa shape index (κ1) is 12.2. The smallest absolute Gasteiger partial charge is 0.363 e. The molecule has 8 heteroatoms. The van der Waals surface area contributed by atoms with Crippen molar-refractivity contribution in [2.24, 2.45) is 0 Å². The predicted octanol–water partition coefficient (Wildman–Crippen LogP) is 1.90. The van der Waals surface area contributed by atoms with Crippen molar-refractivity contribution in [3.05, 3.63) is 41.9 Å². The molecule has 2 aromatic rings. The molecule has 5 nitrogen and oxygen atoms in total. The molecule has 1 N–H and O–H groups in total. The van der Waals surface area contributed by atoms with E-state index < -0.39 is 11.9 Å². The summed E-state index contributed by atoms with van der Waals surface area (Å²) in [7, 11) is 0. The number of anilines is 1. The Kier molecular flexibility index (Phi) is 3.35. The Morgan fingerprint density at radius 2 is 1.89 bits per heavy atom. The van der Waals surface area contributed by atoms with Gasteiger partial charge in [-0.15, -0.1) is 10.2 Å². The highest BCUT2D eigenvalue weighted by Gasteiger charge is 2.32. The van der Waals surface area contributed by atoms with Crippen molar-refractivity contribution in [3.8, 4) is 0 Å².